The Kier molecular flexibility index (Phi) is 4.14. The van der Waals surface area contributed by atoms with Crippen molar-refractivity contribution >= 4 is 28.5 Å². The molecule has 0 aliphatic carbocycles. The number of hydrogen-bond donors (Lipinski definition) is 1. The topological polar surface area (TPSA) is 40.5 Å². The highest BCUT2D eigenvalue weighted by atomic mass is 127. The lowest BCUT2D eigenvalue weighted by Crippen LogP contribution is -2.44. The number of phenolic OH excluding ortho intramolecular Hbond substituents is 1. The molecule has 3 nitrogen and oxygen atoms in total. The maximum Gasteiger partial charge on any atom is 0.254 e. The van der Waals surface area contributed by atoms with Crippen LogP contribution in [0.15, 0.2) is 18.2 Å². The number of carbonyl (C=O) groups excluding carboxylic acids is 1. The Hall–Kier alpha value is -0.780. The third-order valence-electron chi connectivity index (χ3n) is 3.59. The first kappa shape index (κ1) is 13.6. The minimum Gasteiger partial charge on any atom is -0.507 e. The molecule has 0 radical (unpaired) electrons. The van der Waals surface area contributed by atoms with Crippen LogP contribution in [0.3, 0.4) is 0 Å². The number of rotatable bonds is 1. The second-order valence-corrected chi connectivity index (χ2v) is 6.31. The zero-order chi connectivity index (χ0) is 13.3. The van der Waals surface area contributed by atoms with E-state index in [1.54, 1.807) is 18.2 Å². The molecule has 1 fully saturated rings. The van der Waals surface area contributed by atoms with Crippen LogP contribution in [0.5, 0.6) is 5.75 Å². The summed E-state index contributed by atoms with van der Waals surface area (Å²) in [5.74, 6) is 0.898. The molecular weight excluding hydrogens is 341 g/mol. The smallest absolute Gasteiger partial charge is 0.254 e. The predicted octanol–water partition coefficient (Wildman–Crippen LogP) is 3.26. The van der Waals surface area contributed by atoms with Gasteiger partial charge in [0.05, 0.1) is 3.57 Å². The summed E-state index contributed by atoms with van der Waals surface area (Å²) < 4.78 is 0.768. The molecule has 1 amide bonds. The van der Waals surface area contributed by atoms with Gasteiger partial charge in [-0.05, 0) is 66.5 Å². The molecule has 0 aromatic heterocycles. The average Bonchev–Trinajstić information content (AvgIpc) is 2.32. The van der Waals surface area contributed by atoms with E-state index in [4.69, 9.17) is 0 Å². The van der Waals surface area contributed by atoms with E-state index in [2.05, 4.69) is 36.4 Å². The van der Waals surface area contributed by atoms with E-state index in [0.29, 0.717) is 11.5 Å². The highest BCUT2D eigenvalue weighted by Gasteiger charge is 2.27. The molecule has 2 unspecified atom stereocenters. The van der Waals surface area contributed by atoms with Crippen LogP contribution in [0.2, 0.25) is 0 Å². The first-order valence-electron chi connectivity index (χ1n) is 6.28. The largest absolute Gasteiger partial charge is 0.507 e. The summed E-state index contributed by atoms with van der Waals surface area (Å²) in [7, 11) is 0. The van der Waals surface area contributed by atoms with Crippen molar-refractivity contribution in [3.05, 3.63) is 27.3 Å². The number of aromatic hydroxyl groups is 1. The molecule has 2 atom stereocenters. The van der Waals surface area contributed by atoms with Gasteiger partial charge in [0.25, 0.3) is 5.91 Å². The number of piperidine rings is 1. The van der Waals surface area contributed by atoms with Crippen molar-refractivity contribution in [3.63, 3.8) is 0 Å². The monoisotopic (exact) mass is 359 g/mol. The molecule has 1 aliphatic rings. The average molecular weight is 359 g/mol. The number of likely N-dealkylation sites (tertiary alicyclic amines) is 1. The van der Waals surface area contributed by atoms with Crippen molar-refractivity contribution in [2.75, 3.05) is 6.54 Å². The second-order valence-electron chi connectivity index (χ2n) is 5.14. The highest BCUT2D eigenvalue weighted by molar-refractivity contribution is 14.1. The Bertz CT molecular complexity index is 461. The van der Waals surface area contributed by atoms with Crippen LogP contribution < -0.4 is 0 Å². The molecule has 1 aromatic rings. The van der Waals surface area contributed by atoms with Gasteiger partial charge in [-0.15, -0.1) is 0 Å². The normalized spacial score (nSPS) is 24.1. The summed E-state index contributed by atoms with van der Waals surface area (Å²) in [6.07, 6.45) is 2.12. The van der Waals surface area contributed by atoms with Crippen molar-refractivity contribution in [3.8, 4) is 5.75 Å². The van der Waals surface area contributed by atoms with E-state index in [1.165, 1.54) is 0 Å². The highest BCUT2D eigenvalue weighted by Crippen LogP contribution is 2.26. The number of carbonyl (C=O) groups is 1. The van der Waals surface area contributed by atoms with Gasteiger partial charge < -0.3 is 10.0 Å². The molecule has 1 heterocycles. The van der Waals surface area contributed by atoms with Crippen molar-refractivity contribution in [2.45, 2.75) is 32.7 Å². The van der Waals surface area contributed by atoms with E-state index in [9.17, 15) is 9.90 Å². The molecule has 1 saturated heterocycles. The summed E-state index contributed by atoms with van der Waals surface area (Å²) >= 11 is 2.05. The second kappa shape index (κ2) is 5.47. The van der Waals surface area contributed by atoms with E-state index >= 15 is 0 Å². The van der Waals surface area contributed by atoms with Gasteiger partial charge in [0.15, 0.2) is 0 Å². The van der Waals surface area contributed by atoms with E-state index in [-0.39, 0.29) is 17.7 Å². The lowest BCUT2D eigenvalue weighted by Gasteiger charge is -2.36. The third-order valence-corrected chi connectivity index (χ3v) is 4.50. The number of halogens is 1. The number of benzene rings is 1. The molecule has 1 aliphatic heterocycles. The van der Waals surface area contributed by atoms with Gasteiger partial charge in [-0.1, -0.05) is 6.92 Å². The van der Waals surface area contributed by atoms with Crippen LogP contribution in [0, 0.1) is 9.49 Å². The fraction of sp³-hybridized carbons (Fsp3) is 0.500. The van der Waals surface area contributed by atoms with E-state index in [0.717, 1.165) is 23.0 Å². The Labute approximate surface area is 121 Å². The Morgan fingerprint density at radius 3 is 2.78 bits per heavy atom. The zero-order valence-electron chi connectivity index (χ0n) is 10.7. The zero-order valence-corrected chi connectivity index (χ0v) is 12.8. The molecule has 0 bridgehead atoms. The maximum atomic E-state index is 12.4. The maximum absolute atomic E-state index is 12.4. The number of amides is 1. The summed E-state index contributed by atoms with van der Waals surface area (Å²) in [4.78, 5) is 14.3. The summed E-state index contributed by atoms with van der Waals surface area (Å²) in [6, 6.07) is 5.41. The predicted molar refractivity (Wildman–Crippen MR) is 79.7 cm³/mol. The first-order valence-corrected chi connectivity index (χ1v) is 7.36. The quantitative estimate of drug-likeness (QED) is 0.782. The van der Waals surface area contributed by atoms with Gasteiger partial charge in [-0.2, -0.15) is 0 Å². The van der Waals surface area contributed by atoms with Gasteiger partial charge in [-0.3, -0.25) is 4.79 Å². The Morgan fingerprint density at radius 1 is 1.44 bits per heavy atom. The molecule has 0 spiro atoms. The van der Waals surface area contributed by atoms with Gasteiger partial charge in [-0.25, -0.2) is 0 Å². The lowest BCUT2D eigenvalue weighted by atomic mass is 9.93. The van der Waals surface area contributed by atoms with Crippen molar-refractivity contribution in [1.82, 2.24) is 4.90 Å². The van der Waals surface area contributed by atoms with Crippen molar-refractivity contribution < 1.29 is 9.90 Å². The molecule has 4 heteroatoms. The van der Waals surface area contributed by atoms with Gasteiger partial charge in [0, 0.05) is 18.2 Å². The van der Waals surface area contributed by atoms with E-state index < -0.39 is 0 Å². The van der Waals surface area contributed by atoms with Gasteiger partial charge in [0.1, 0.15) is 5.75 Å². The fourth-order valence-electron chi connectivity index (χ4n) is 2.52. The number of hydrogen-bond acceptors (Lipinski definition) is 2. The minimum atomic E-state index is 0.0288. The standard InChI is InChI=1S/C14H18INO2/c1-9-5-6-16(10(2)7-9)14(18)11-3-4-12(15)13(17)8-11/h3-4,8-10,17H,5-7H2,1-2H3. The molecule has 0 saturated carbocycles. The van der Waals surface area contributed by atoms with Gasteiger partial charge >= 0.3 is 0 Å². The number of nitrogens with zero attached hydrogens (tertiary/aromatic N) is 1. The van der Waals surface area contributed by atoms with Crippen molar-refractivity contribution in [1.29, 1.82) is 0 Å². The summed E-state index contributed by atoms with van der Waals surface area (Å²) in [5, 5.41) is 9.68. The molecule has 1 N–H and O–H groups in total. The first-order chi connectivity index (χ1) is 8.49. The van der Waals surface area contributed by atoms with Crippen LogP contribution >= 0.6 is 22.6 Å². The Balaban J connectivity index is 2.18. The molecule has 1 aromatic carbocycles. The van der Waals surface area contributed by atoms with Crippen LogP contribution in [-0.4, -0.2) is 28.5 Å². The van der Waals surface area contributed by atoms with Crippen LogP contribution in [0.4, 0.5) is 0 Å². The third kappa shape index (κ3) is 2.79. The Morgan fingerprint density at radius 2 is 2.17 bits per heavy atom. The van der Waals surface area contributed by atoms with E-state index in [1.807, 2.05) is 4.90 Å². The van der Waals surface area contributed by atoms with Crippen molar-refractivity contribution in [2.24, 2.45) is 5.92 Å². The molecule has 18 heavy (non-hydrogen) atoms. The minimum absolute atomic E-state index is 0.0288. The lowest BCUT2D eigenvalue weighted by molar-refractivity contribution is 0.0588. The number of phenols is 1. The molecule has 98 valence electrons. The van der Waals surface area contributed by atoms with Crippen LogP contribution in [0.25, 0.3) is 0 Å². The fourth-order valence-corrected chi connectivity index (χ4v) is 2.86. The van der Waals surface area contributed by atoms with Gasteiger partial charge in [0.2, 0.25) is 0 Å². The molecular formula is C14H18INO2. The SMILES string of the molecule is CC1CCN(C(=O)c2ccc(I)c(O)c2)C(C)C1. The molecule has 2 rings (SSSR count). The van der Waals surface area contributed by atoms with Crippen LogP contribution in [-0.2, 0) is 0 Å². The van der Waals surface area contributed by atoms with Crippen LogP contribution in [0.1, 0.15) is 37.0 Å². The summed E-state index contributed by atoms with van der Waals surface area (Å²) in [6.45, 7) is 5.14. The summed E-state index contributed by atoms with van der Waals surface area (Å²) in [5.41, 5.74) is 0.578.